The summed E-state index contributed by atoms with van der Waals surface area (Å²) in [5.74, 6) is 0.575. The van der Waals surface area contributed by atoms with E-state index in [-0.39, 0.29) is 5.56 Å². The third-order valence-corrected chi connectivity index (χ3v) is 3.89. The maximum Gasteiger partial charge on any atom is 0.266 e. The zero-order valence-electron chi connectivity index (χ0n) is 9.03. The van der Waals surface area contributed by atoms with Crippen molar-refractivity contribution in [2.24, 2.45) is 0 Å². The predicted octanol–water partition coefficient (Wildman–Crippen LogP) is 2.84. The molecule has 0 atom stereocenters. The smallest absolute Gasteiger partial charge is 0.266 e. The second-order valence-electron chi connectivity index (χ2n) is 3.25. The van der Waals surface area contributed by atoms with Gasteiger partial charge in [0.05, 0.1) is 6.33 Å². The zero-order valence-corrected chi connectivity index (χ0v) is 12.0. The Labute approximate surface area is 116 Å². The molecule has 0 spiro atoms. The number of hydrogen-bond acceptors (Lipinski definition) is 4. The van der Waals surface area contributed by atoms with Crippen LogP contribution in [0.25, 0.3) is 0 Å². The summed E-state index contributed by atoms with van der Waals surface area (Å²) in [6, 6.07) is 7.97. The van der Waals surface area contributed by atoms with Crippen molar-refractivity contribution in [3.05, 3.63) is 44.5 Å². The van der Waals surface area contributed by atoms with E-state index >= 15 is 0 Å². The van der Waals surface area contributed by atoms with Crippen LogP contribution in [0.15, 0.2) is 40.3 Å². The monoisotopic (exact) mass is 359 g/mol. The van der Waals surface area contributed by atoms with Gasteiger partial charge in [0.15, 0.2) is 5.82 Å². The molecule has 0 amide bonds. The molecule has 0 aliphatic carbocycles. The minimum Gasteiger partial charge on any atom is -0.339 e. The molecule has 0 saturated heterocycles. The number of halogens is 1. The van der Waals surface area contributed by atoms with E-state index in [0.717, 1.165) is 5.69 Å². The lowest BCUT2D eigenvalue weighted by molar-refractivity contribution is 1.10. The van der Waals surface area contributed by atoms with Crippen molar-refractivity contribution in [2.45, 2.75) is 4.90 Å². The molecule has 2 aromatic rings. The van der Waals surface area contributed by atoms with E-state index in [1.165, 1.54) is 11.2 Å². The summed E-state index contributed by atoms with van der Waals surface area (Å²) >= 11 is 3.66. The Kier molecular flexibility index (Phi) is 4.06. The van der Waals surface area contributed by atoms with Gasteiger partial charge in [0.2, 0.25) is 0 Å². The Morgan fingerprint density at radius 2 is 2.06 bits per heavy atom. The molecule has 0 radical (unpaired) electrons. The molecule has 17 heavy (non-hydrogen) atoms. The maximum atomic E-state index is 11.4. The van der Waals surface area contributed by atoms with E-state index in [9.17, 15) is 4.79 Å². The number of anilines is 2. The number of H-pyrrole nitrogens is 1. The number of aromatic amines is 1. The molecule has 0 aliphatic rings. The predicted molar refractivity (Wildman–Crippen MR) is 79.1 cm³/mol. The number of hydrogen-bond donors (Lipinski definition) is 2. The van der Waals surface area contributed by atoms with Crippen molar-refractivity contribution in [2.75, 3.05) is 11.6 Å². The highest BCUT2D eigenvalue weighted by molar-refractivity contribution is 14.1. The Balaban J connectivity index is 2.25. The maximum absolute atomic E-state index is 11.4. The largest absolute Gasteiger partial charge is 0.339 e. The first kappa shape index (κ1) is 12.4. The van der Waals surface area contributed by atoms with Crippen LogP contribution < -0.4 is 10.9 Å². The van der Waals surface area contributed by atoms with E-state index in [0.29, 0.717) is 9.39 Å². The van der Waals surface area contributed by atoms with Crippen molar-refractivity contribution >= 4 is 45.9 Å². The molecule has 0 saturated carbocycles. The van der Waals surface area contributed by atoms with Gasteiger partial charge in [-0.25, -0.2) is 4.98 Å². The van der Waals surface area contributed by atoms with Gasteiger partial charge >= 0.3 is 0 Å². The van der Waals surface area contributed by atoms with Crippen molar-refractivity contribution in [3.63, 3.8) is 0 Å². The highest BCUT2D eigenvalue weighted by Crippen LogP contribution is 2.21. The number of thioether (sulfide) groups is 1. The number of benzene rings is 1. The molecule has 0 aliphatic heterocycles. The molecular weight excluding hydrogens is 349 g/mol. The first-order valence-corrected chi connectivity index (χ1v) is 7.15. The van der Waals surface area contributed by atoms with Gasteiger partial charge in [-0.3, -0.25) is 4.79 Å². The molecule has 0 unspecified atom stereocenters. The Morgan fingerprint density at radius 3 is 2.71 bits per heavy atom. The summed E-state index contributed by atoms with van der Waals surface area (Å²) in [6.07, 6.45) is 3.42. The van der Waals surface area contributed by atoms with Gasteiger partial charge in [-0.05, 0) is 53.1 Å². The number of nitrogens with one attached hydrogen (secondary N) is 2. The summed E-state index contributed by atoms with van der Waals surface area (Å²) in [6.45, 7) is 0. The third-order valence-electron chi connectivity index (χ3n) is 2.15. The van der Waals surface area contributed by atoms with Crippen LogP contribution in [-0.4, -0.2) is 16.2 Å². The summed E-state index contributed by atoms with van der Waals surface area (Å²) in [5.41, 5.74) is 0.780. The van der Waals surface area contributed by atoms with Crippen molar-refractivity contribution in [1.29, 1.82) is 0 Å². The molecule has 2 N–H and O–H groups in total. The zero-order chi connectivity index (χ0) is 12.3. The number of nitrogens with zero attached hydrogens (tertiary/aromatic N) is 1. The lowest BCUT2D eigenvalue weighted by atomic mass is 10.3. The van der Waals surface area contributed by atoms with Gasteiger partial charge in [0, 0.05) is 10.6 Å². The van der Waals surface area contributed by atoms with Gasteiger partial charge < -0.3 is 10.3 Å². The van der Waals surface area contributed by atoms with E-state index in [1.807, 2.05) is 53.1 Å². The highest BCUT2D eigenvalue weighted by atomic mass is 127. The molecule has 1 aromatic carbocycles. The molecule has 2 rings (SSSR count). The lowest BCUT2D eigenvalue weighted by Gasteiger charge is -2.06. The minimum atomic E-state index is -0.135. The van der Waals surface area contributed by atoms with Crippen LogP contribution in [0.4, 0.5) is 11.5 Å². The van der Waals surface area contributed by atoms with Crippen LogP contribution in [0.3, 0.4) is 0 Å². The average molecular weight is 359 g/mol. The van der Waals surface area contributed by atoms with Gasteiger partial charge in [-0.1, -0.05) is 0 Å². The Bertz CT molecular complexity index is 568. The summed E-state index contributed by atoms with van der Waals surface area (Å²) < 4.78 is 0.555. The van der Waals surface area contributed by atoms with Gasteiger partial charge in [0.25, 0.3) is 5.56 Å². The van der Waals surface area contributed by atoms with Crippen molar-refractivity contribution in [1.82, 2.24) is 9.97 Å². The fourth-order valence-electron chi connectivity index (χ4n) is 1.28. The SMILES string of the molecule is CSc1ccc(Nc2nc[nH]c(=O)c2I)cc1. The summed E-state index contributed by atoms with van der Waals surface area (Å²) in [5, 5.41) is 3.12. The van der Waals surface area contributed by atoms with Crippen molar-refractivity contribution < 1.29 is 0 Å². The lowest BCUT2D eigenvalue weighted by Crippen LogP contribution is -2.12. The first-order chi connectivity index (χ1) is 8.20. The van der Waals surface area contributed by atoms with Gasteiger partial charge in [0.1, 0.15) is 3.57 Å². The molecule has 0 bridgehead atoms. The standard InChI is InChI=1S/C11H10IN3OS/c1-17-8-4-2-7(3-5-8)15-10-9(12)11(16)14-6-13-10/h2-6H,1H3,(H2,13,14,15,16). The molecule has 1 aromatic heterocycles. The van der Waals surface area contributed by atoms with E-state index in [4.69, 9.17) is 0 Å². The van der Waals surface area contributed by atoms with Crippen LogP contribution in [0.5, 0.6) is 0 Å². The Morgan fingerprint density at radius 1 is 1.35 bits per heavy atom. The fraction of sp³-hybridized carbons (Fsp3) is 0.0909. The molecule has 0 fully saturated rings. The van der Waals surface area contributed by atoms with Crippen molar-refractivity contribution in [3.8, 4) is 0 Å². The highest BCUT2D eigenvalue weighted by Gasteiger charge is 2.04. The summed E-state index contributed by atoms with van der Waals surface area (Å²) in [7, 11) is 0. The normalized spacial score (nSPS) is 10.2. The van der Waals surface area contributed by atoms with Gasteiger partial charge in [-0.15, -0.1) is 11.8 Å². The summed E-state index contributed by atoms with van der Waals surface area (Å²) in [4.78, 5) is 19.2. The topological polar surface area (TPSA) is 57.8 Å². The van der Waals surface area contributed by atoms with Crippen LogP contribution in [-0.2, 0) is 0 Å². The van der Waals surface area contributed by atoms with Gasteiger partial charge in [-0.2, -0.15) is 0 Å². The van der Waals surface area contributed by atoms with E-state index in [1.54, 1.807) is 11.8 Å². The van der Waals surface area contributed by atoms with E-state index < -0.39 is 0 Å². The third kappa shape index (κ3) is 3.01. The quantitative estimate of drug-likeness (QED) is 0.654. The van der Waals surface area contributed by atoms with Crippen LogP contribution >= 0.6 is 34.4 Å². The van der Waals surface area contributed by atoms with Crippen LogP contribution in [0.1, 0.15) is 0 Å². The van der Waals surface area contributed by atoms with Crippen LogP contribution in [0.2, 0.25) is 0 Å². The van der Waals surface area contributed by atoms with E-state index in [2.05, 4.69) is 15.3 Å². The Hall–Kier alpha value is -1.02. The first-order valence-electron chi connectivity index (χ1n) is 4.85. The minimum absolute atomic E-state index is 0.135. The number of aromatic nitrogens is 2. The molecule has 4 nitrogen and oxygen atoms in total. The second-order valence-corrected chi connectivity index (χ2v) is 5.21. The molecule has 88 valence electrons. The fourth-order valence-corrected chi connectivity index (χ4v) is 2.12. The average Bonchev–Trinajstić information content (AvgIpc) is 2.36. The second kappa shape index (κ2) is 5.54. The number of rotatable bonds is 3. The molecule has 1 heterocycles. The molecular formula is C11H10IN3OS. The molecule has 6 heteroatoms. The van der Waals surface area contributed by atoms with Crippen LogP contribution in [0, 0.1) is 3.57 Å².